The highest BCUT2D eigenvalue weighted by Crippen LogP contribution is 2.19. The van der Waals surface area contributed by atoms with E-state index in [2.05, 4.69) is 10.4 Å². The number of benzene rings is 1. The number of carbonyl (C=O) groups is 1. The maximum absolute atomic E-state index is 13.5. The summed E-state index contributed by atoms with van der Waals surface area (Å²) >= 11 is 0. The van der Waals surface area contributed by atoms with Gasteiger partial charge in [0.05, 0.1) is 5.69 Å². The van der Waals surface area contributed by atoms with E-state index in [0.717, 1.165) is 0 Å². The molecular formula is C13H14FN3O2. The Hall–Kier alpha value is -2.37. The van der Waals surface area contributed by atoms with Crippen molar-refractivity contribution in [3.8, 4) is 0 Å². The van der Waals surface area contributed by atoms with Crippen LogP contribution in [0.1, 0.15) is 21.6 Å². The zero-order chi connectivity index (χ0) is 14.0. The first-order valence-corrected chi connectivity index (χ1v) is 5.75. The standard InChI is InChI=1S/C13H14FN3O2/c1-8-11(13(18)19)12(17(2)16-8)15-7-9-5-3-4-6-10(9)14/h3-6,15H,7H2,1-2H3,(H,18,19). The molecule has 0 aliphatic heterocycles. The third-order valence-corrected chi connectivity index (χ3v) is 2.84. The molecule has 6 heteroatoms. The summed E-state index contributed by atoms with van der Waals surface area (Å²) in [6.45, 7) is 1.82. The van der Waals surface area contributed by atoms with Crippen LogP contribution >= 0.6 is 0 Å². The molecule has 0 saturated carbocycles. The van der Waals surface area contributed by atoms with E-state index in [0.29, 0.717) is 17.1 Å². The SMILES string of the molecule is Cc1nn(C)c(NCc2ccccc2F)c1C(=O)O. The molecule has 0 radical (unpaired) electrons. The number of nitrogens with zero attached hydrogens (tertiary/aromatic N) is 2. The Morgan fingerprint density at radius 1 is 1.47 bits per heavy atom. The number of hydrogen-bond donors (Lipinski definition) is 2. The quantitative estimate of drug-likeness (QED) is 0.887. The summed E-state index contributed by atoms with van der Waals surface area (Å²) in [6.07, 6.45) is 0. The smallest absolute Gasteiger partial charge is 0.341 e. The third kappa shape index (κ3) is 2.57. The Bertz CT molecular complexity index is 622. The number of carboxylic acid groups (broad SMARTS) is 1. The van der Waals surface area contributed by atoms with Crippen molar-refractivity contribution in [3.05, 3.63) is 46.9 Å². The summed E-state index contributed by atoms with van der Waals surface area (Å²) in [6, 6.07) is 6.35. The Morgan fingerprint density at radius 2 is 2.16 bits per heavy atom. The van der Waals surface area contributed by atoms with E-state index < -0.39 is 5.97 Å². The van der Waals surface area contributed by atoms with Gasteiger partial charge in [-0.25, -0.2) is 9.18 Å². The minimum absolute atomic E-state index is 0.110. The first-order chi connectivity index (χ1) is 9.00. The molecule has 0 amide bonds. The Balaban J connectivity index is 2.25. The van der Waals surface area contributed by atoms with Crippen molar-refractivity contribution in [2.24, 2.45) is 7.05 Å². The lowest BCUT2D eigenvalue weighted by molar-refractivity contribution is 0.0697. The lowest BCUT2D eigenvalue weighted by Gasteiger charge is -2.08. The predicted molar refractivity (Wildman–Crippen MR) is 68.6 cm³/mol. The number of halogens is 1. The van der Waals surface area contributed by atoms with Gasteiger partial charge in [0, 0.05) is 19.2 Å². The van der Waals surface area contributed by atoms with Crippen LogP contribution in [0, 0.1) is 12.7 Å². The van der Waals surface area contributed by atoms with Crippen LogP contribution in [0.25, 0.3) is 0 Å². The van der Waals surface area contributed by atoms with E-state index in [9.17, 15) is 9.18 Å². The number of aromatic carboxylic acids is 1. The first kappa shape index (κ1) is 13.1. The molecule has 0 atom stereocenters. The molecule has 1 aromatic heterocycles. The number of carboxylic acids is 1. The van der Waals surface area contributed by atoms with Crippen molar-refractivity contribution in [1.29, 1.82) is 0 Å². The van der Waals surface area contributed by atoms with Crippen LogP contribution in [-0.2, 0) is 13.6 Å². The van der Waals surface area contributed by atoms with Gasteiger partial charge in [0.15, 0.2) is 0 Å². The van der Waals surface area contributed by atoms with Gasteiger partial charge in [-0.3, -0.25) is 4.68 Å². The summed E-state index contributed by atoms with van der Waals surface area (Å²) < 4.78 is 14.9. The van der Waals surface area contributed by atoms with E-state index >= 15 is 0 Å². The minimum atomic E-state index is -1.05. The van der Waals surface area contributed by atoms with Crippen molar-refractivity contribution in [3.63, 3.8) is 0 Å². The highest BCUT2D eigenvalue weighted by atomic mass is 19.1. The maximum atomic E-state index is 13.5. The van der Waals surface area contributed by atoms with Gasteiger partial charge in [0.1, 0.15) is 17.2 Å². The van der Waals surface area contributed by atoms with Crippen LogP contribution in [-0.4, -0.2) is 20.9 Å². The molecule has 0 fully saturated rings. The number of aromatic nitrogens is 2. The van der Waals surface area contributed by atoms with Crippen molar-refractivity contribution < 1.29 is 14.3 Å². The summed E-state index contributed by atoms with van der Waals surface area (Å²) in [5.41, 5.74) is 1.00. The Kier molecular flexibility index (Phi) is 3.50. The third-order valence-electron chi connectivity index (χ3n) is 2.84. The van der Waals surface area contributed by atoms with E-state index in [4.69, 9.17) is 5.11 Å². The van der Waals surface area contributed by atoms with E-state index in [1.54, 1.807) is 32.2 Å². The largest absolute Gasteiger partial charge is 0.477 e. The molecule has 2 N–H and O–H groups in total. The van der Waals surface area contributed by atoms with Crippen LogP contribution in [0.3, 0.4) is 0 Å². The fourth-order valence-electron chi connectivity index (χ4n) is 1.94. The van der Waals surface area contributed by atoms with Crippen molar-refractivity contribution >= 4 is 11.8 Å². The van der Waals surface area contributed by atoms with Gasteiger partial charge in [-0.05, 0) is 13.0 Å². The second kappa shape index (κ2) is 5.09. The van der Waals surface area contributed by atoms with Crippen molar-refractivity contribution in [2.45, 2.75) is 13.5 Å². The average molecular weight is 263 g/mol. The lowest BCUT2D eigenvalue weighted by atomic mass is 10.2. The fraction of sp³-hybridized carbons (Fsp3) is 0.231. The van der Waals surface area contributed by atoms with Crippen molar-refractivity contribution in [2.75, 3.05) is 5.32 Å². The average Bonchev–Trinajstić information content (AvgIpc) is 2.63. The Labute approximate surface area is 109 Å². The fourth-order valence-corrected chi connectivity index (χ4v) is 1.94. The molecule has 0 aliphatic rings. The maximum Gasteiger partial charge on any atom is 0.341 e. The van der Waals surface area contributed by atoms with Gasteiger partial charge in [0.25, 0.3) is 0 Å². The van der Waals surface area contributed by atoms with Crippen LogP contribution < -0.4 is 5.32 Å². The molecule has 0 bridgehead atoms. The molecule has 100 valence electrons. The summed E-state index contributed by atoms with van der Waals surface area (Å²) in [4.78, 5) is 11.2. The van der Waals surface area contributed by atoms with Crippen LogP contribution in [0.2, 0.25) is 0 Å². The molecule has 0 spiro atoms. The highest BCUT2D eigenvalue weighted by molar-refractivity contribution is 5.94. The predicted octanol–water partition coefficient (Wildman–Crippen LogP) is 2.18. The minimum Gasteiger partial charge on any atom is -0.477 e. The van der Waals surface area contributed by atoms with Crippen LogP contribution in [0.4, 0.5) is 10.2 Å². The molecule has 0 aliphatic carbocycles. The number of rotatable bonds is 4. The second-order valence-corrected chi connectivity index (χ2v) is 4.18. The summed E-state index contributed by atoms with van der Waals surface area (Å²) in [5.74, 6) is -1.01. The van der Waals surface area contributed by atoms with Gasteiger partial charge >= 0.3 is 5.97 Å². The normalized spacial score (nSPS) is 10.5. The van der Waals surface area contributed by atoms with E-state index in [-0.39, 0.29) is 17.9 Å². The molecular weight excluding hydrogens is 249 g/mol. The van der Waals surface area contributed by atoms with Gasteiger partial charge in [-0.2, -0.15) is 5.10 Å². The van der Waals surface area contributed by atoms with Gasteiger partial charge in [-0.1, -0.05) is 18.2 Å². The zero-order valence-electron chi connectivity index (χ0n) is 10.6. The molecule has 2 aromatic rings. The Morgan fingerprint density at radius 3 is 2.79 bits per heavy atom. The van der Waals surface area contributed by atoms with Gasteiger partial charge < -0.3 is 10.4 Å². The molecule has 1 aromatic carbocycles. The highest BCUT2D eigenvalue weighted by Gasteiger charge is 2.19. The molecule has 19 heavy (non-hydrogen) atoms. The van der Waals surface area contributed by atoms with E-state index in [1.807, 2.05) is 0 Å². The molecule has 5 nitrogen and oxygen atoms in total. The number of aryl methyl sites for hydroxylation is 2. The molecule has 0 saturated heterocycles. The second-order valence-electron chi connectivity index (χ2n) is 4.18. The topological polar surface area (TPSA) is 67.2 Å². The van der Waals surface area contributed by atoms with Crippen LogP contribution in [0.5, 0.6) is 0 Å². The number of anilines is 1. The van der Waals surface area contributed by atoms with Gasteiger partial charge in [-0.15, -0.1) is 0 Å². The lowest BCUT2D eigenvalue weighted by Crippen LogP contribution is -2.09. The molecule has 1 heterocycles. The first-order valence-electron chi connectivity index (χ1n) is 5.75. The number of nitrogens with one attached hydrogen (secondary N) is 1. The summed E-state index contributed by atoms with van der Waals surface area (Å²) in [7, 11) is 1.64. The summed E-state index contributed by atoms with van der Waals surface area (Å²) in [5, 5.41) is 16.1. The molecule has 2 rings (SSSR count). The number of hydrogen-bond acceptors (Lipinski definition) is 3. The van der Waals surface area contributed by atoms with E-state index in [1.165, 1.54) is 10.7 Å². The van der Waals surface area contributed by atoms with Crippen molar-refractivity contribution in [1.82, 2.24) is 9.78 Å². The van der Waals surface area contributed by atoms with Gasteiger partial charge in [0.2, 0.25) is 0 Å². The van der Waals surface area contributed by atoms with Crippen LogP contribution in [0.15, 0.2) is 24.3 Å². The molecule has 0 unspecified atom stereocenters. The monoisotopic (exact) mass is 263 g/mol. The zero-order valence-corrected chi connectivity index (χ0v) is 10.6.